The molecule has 0 radical (unpaired) electrons. The van der Waals surface area contributed by atoms with Gasteiger partial charge in [-0.15, -0.1) is 0 Å². The summed E-state index contributed by atoms with van der Waals surface area (Å²) in [7, 11) is 0. The molecule has 4 heteroatoms. The Balaban J connectivity index is 2.85. The molecule has 0 N–H and O–H groups in total. The number of hydrogen-bond donors (Lipinski definition) is 0. The quantitative estimate of drug-likeness (QED) is 0.426. The van der Waals surface area contributed by atoms with E-state index in [1.165, 1.54) is 6.08 Å². The SMILES string of the molecule is O=C=NCc1cccnc1Br. The highest BCUT2D eigenvalue weighted by atomic mass is 79.9. The van der Waals surface area contributed by atoms with Gasteiger partial charge in [-0.2, -0.15) is 0 Å². The van der Waals surface area contributed by atoms with Crippen LogP contribution in [0, 0.1) is 0 Å². The Kier molecular flexibility index (Phi) is 2.95. The molecule has 56 valence electrons. The second kappa shape index (κ2) is 4.01. The molecule has 0 atom stereocenters. The molecule has 1 aromatic heterocycles. The van der Waals surface area contributed by atoms with E-state index in [1.54, 1.807) is 12.3 Å². The second-order valence-corrected chi connectivity index (χ2v) is 2.61. The van der Waals surface area contributed by atoms with Crippen molar-refractivity contribution in [3.05, 3.63) is 28.5 Å². The summed E-state index contributed by atoms with van der Waals surface area (Å²) in [6.45, 7) is 0.331. The van der Waals surface area contributed by atoms with Crippen molar-refractivity contribution in [1.82, 2.24) is 4.98 Å². The number of halogens is 1. The third-order valence-electron chi connectivity index (χ3n) is 1.15. The molecule has 11 heavy (non-hydrogen) atoms. The molecule has 0 aliphatic rings. The summed E-state index contributed by atoms with van der Waals surface area (Å²) in [5, 5.41) is 0. The zero-order chi connectivity index (χ0) is 8.10. The average molecular weight is 213 g/mol. The standard InChI is InChI=1S/C7H5BrN2O/c8-7-6(4-9-5-11)2-1-3-10-7/h1-3H,4H2. The fourth-order valence-corrected chi connectivity index (χ4v) is 1.03. The van der Waals surface area contributed by atoms with E-state index in [1.807, 2.05) is 6.07 Å². The number of isocyanates is 1. The van der Waals surface area contributed by atoms with Crippen LogP contribution in [0.15, 0.2) is 27.9 Å². The normalized spacial score (nSPS) is 8.82. The highest BCUT2D eigenvalue weighted by molar-refractivity contribution is 9.10. The summed E-state index contributed by atoms with van der Waals surface area (Å²) in [5.74, 6) is 0. The average Bonchev–Trinajstić information content (AvgIpc) is 2.03. The minimum Gasteiger partial charge on any atom is -0.249 e. The molecule has 0 spiro atoms. The van der Waals surface area contributed by atoms with Gasteiger partial charge in [-0.05, 0) is 22.0 Å². The van der Waals surface area contributed by atoms with Gasteiger partial charge in [0.15, 0.2) is 0 Å². The number of nitrogens with zero attached hydrogens (tertiary/aromatic N) is 2. The van der Waals surface area contributed by atoms with Gasteiger partial charge < -0.3 is 0 Å². The molecule has 0 fully saturated rings. The van der Waals surface area contributed by atoms with Gasteiger partial charge in [-0.1, -0.05) is 6.07 Å². The van der Waals surface area contributed by atoms with Crippen LogP contribution in [0.25, 0.3) is 0 Å². The molecule has 0 unspecified atom stereocenters. The molecular weight excluding hydrogens is 208 g/mol. The second-order valence-electron chi connectivity index (χ2n) is 1.86. The van der Waals surface area contributed by atoms with Crippen LogP contribution >= 0.6 is 15.9 Å². The highest BCUT2D eigenvalue weighted by Gasteiger charge is 1.96. The number of rotatable bonds is 2. The van der Waals surface area contributed by atoms with Crippen LogP contribution in [0.2, 0.25) is 0 Å². The number of hydrogen-bond acceptors (Lipinski definition) is 3. The minimum absolute atomic E-state index is 0.331. The lowest BCUT2D eigenvalue weighted by Gasteiger charge is -1.95. The van der Waals surface area contributed by atoms with Crippen LogP contribution in [0.5, 0.6) is 0 Å². The molecule has 0 aliphatic heterocycles. The van der Waals surface area contributed by atoms with Crippen molar-refractivity contribution in [3.8, 4) is 0 Å². The lowest BCUT2D eigenvalue weighted by molar-refractivity contribution is 0.562. The molecule has 0 aliphatic carbocycles. The van der Waals surface area contributed by atoms with E-state index in [-0.39, 0.29) is 0 Å². The van der Waals surface area contributed by atoms with Crippen molar-refractivity contribution in [1.29, 1.82) is 0 Å². The third kappa shape index (κ3) is 2.26. The van der Waals surface area contributed by atoms with Crippen LogP contribution in [0.3, 0.4) is 0 Å². The Morgan fingerprint density at radius 2 is 2.55 bits per heavy atom. The Morgan fingerprint density at radius 3 is 3.18 bits per heavy atom. The number of aliphatic imine (C=N–C) groups is 1. The van der Waals surface area contributed by atoms with Crippen molar-refractivity contribution in [2.75, 3.05) is 0 Å². The van der Waals surface area contributed by atoms with Gasteiger partial charge in [0.05, 0.1) is 6.54 Å². The largest absolute Gasteiger partial charge is 0.249 e. The van der Waals surface area contributed by atoms with Crippen LogP contribution in [-0.2, 0) is 11.3 Å². The van der Waals surface area contributed by atoms with Crippen molar-refractivity contribution in [2.45, 2.75) is 6.54 Å². The maximum atomic E-state index is 9.76. The van der Waals surface area contributed by atoms with Gasteiger partial charge in [0.2, 0.25) is 6.08 Å². The summed E-state index contributed by atoms with van der Waals surface area (Å²) in [5.41, 5.74) is 0.885. The van der Waals surface area contributed by atoms with E-state index in [4.69, 9.17) is 0 Å². The third-order valence-corrected chi connectivity index (χ3v) is 1.86. The summed E-state index contributed by atoms with van der Waals surface area (Å²) < 4.78 is 0.721. The Labute approximate surface area is 72.3 Å². The fourth-order valence-electron chi connectivity index (χ4n) is 0.655. The Hall–Kier alpha value is -0.990. The van der Waals surface area contributed by atoms with Gasteiger partial charge in [0, 0.05) is 11.8 Å². The molecule has 1 heterocycles. The predicted octanol–water partition coefficient (Wildman–Crippen LogP) is 1.68. The smallest absolute Gasteiger partial charge is 0.235 e. The van der Waals surface area contributed by atoms with E-state index in [0.29, 0.717) is 6.54 Å². The zero-order valence-electron chi connectivity index (χ0n) is 5.62. The molecular formula is C7H5BrN2O. The van der Waals surface area contributed by atoms with Crippen LogP contribution in [-0.4, -0.2) is 11.1 Å². The number of carbonyl (C=O) groups excluding carboxylic acids is 1. The summed E-state index contributed by atoms with van der Waals surface area (Å²) in [6.07, 6.45) is 3.13. The van der Waals surface area contributed by atoms with Crippen molar-refractivity contribution < 1.29 is 4.79 Å². The van der Waals surface area contributed by atoms with E-state index in [9.17, 15) is 4.79 Å². The first kappa shape index (κ1) is 8.11. The van der Waals surface area contributed by atoms with Crippen molar-refractivity contribution >= 4 is 22.0 Å². The monoisotopic (exact) mass is 212 g/mol. The lowest BCUT2D eigenvalue weighted by Crippen LogP contribution is -1.85. The maximum absolute atomic E-state index is 9.76. The first-order chi connectivity index (χ1) is 5.34. The molecule has 0 saturated heterocycles. The zero-order valence-corrected chi connectivity index (χ0v) is 7.21. The van der Waals surface area contributed by atoms with Crippen LogP contribution < -0.4 is 0 Å². The lowest BCUT2D eigenvalue weighted by atomic mass is 10.3. The Morgan fingerprint density at radius 1 is 1.73 bits per heavy atom. The fraction of sp³-hybridized carbons (Fsp3) is 0.143. The van der Waals surface area contributed by atoms with E-state index >= 15 is 0 Å². The number of pyridine rings is 1. The van der Waals surface area contributed by atoms with Crippen molar-refractivity contribution in [3.63, 3.8) is 0 Å². The molecule has 0 aromatic carbocycles. The molecule has 0 saturated carbocycles. The minimum atomic E-state index is 0.331. The van der Waals surface area contributed by atoms with Gasteiger partial charge in [-0.3, -0.25) is 0 Å². The number of aromatic nitrogens is 1. The van der Waals surface area contributed by atoms with Gasteiger partial charge in [0.1, 0.15) is 4.60 Å². The van der Waals surface area contributed by atoms with Gasteiger partial charge >= 0.3 is 0 Å². The molecule has 1 aromatic rings. The van der Waals surface area contributed by atoms with Gasteiger partial charge in [-0.25, -0.2) is 14.8 Å². The van der Waals surface area contributed by atoms with Gasteiger partial charge in [0.25, 0.3) is 0 Å². The molecule has 3 nitrogen and oxygen atoms in total. The van der Waals surface area contributed by atoms with E-state index in [2.05, 4.69) is 25.9 Å². The topological polar surface area (TPSA) is 42.3 Å². The van der Waals surface area contributed by atoms with Crippen LogP contribution in [0.4, 0.5) is 0 Å². The molecule has 1 rings (SSSR count). The summed E-state index contributed by atoms with van der Waals surface area (Å²) in [6, 6.07) is 3.64. The summed E-state index contributed by atoms with van der Waals surface area (Å²) in [4.78, 5) is 17.1. The molecule has 0 amide bonds. The van der Waals surface area contributed by atoms with Crippen molar-refractivity contribution in [2.24, 2.45) is 4.99 Å². The molecule has 0 bridgehead atoms. The first-order valence-electron chi connectivity index (χ1n) is 2.97. The Bertz CT molecular complexity index is 294. The first-order valence-corrected chi connectivity index (χ1v) is 3.77. The van der Waals surface area contributed by atoms with E-state index < -0.39 is 0 Å². The van der Waals surface area contributed by atoms with E-state index in [0.717, 1.165) is 10.2 Å². The predicted molar refractivity (Wildman–Crippen MR) is 43.8 cm³/mol. The highest BCUT2D eigenvalue weighted by Crippen LogP contribution is 2.12. The maximum Gasteiger partial charge on any atom is 0.235 e. The summed E-state index contributed by atoms with van der Waals surface area (Å²) >= 11 is 3.23. The van der Waals surface area contributed by atoms with Crippen LogP contribution in [0.1, 0.15) is 5.56 Å².